The van der Waals surface area contributed by atoms with E-state index in [-0.39, 0.29) is 19.0 Å². The zero-order chi connectivity index (χ0) is 7.82. The van der Waals surface area contributed by atoms with Crippen LogP contribution in [0.3, 0.4) is 0 Å². The van der Waals surface area contributed by atoms with Crippen molar-refractivity contribution in [3.63, 3.8) is 0 Å². The Balaban J connectivity index is 3.93. The van der Waals surface area contributed by atoms with E-state index in [1.807, 2.05) is 0 Å². The molecule has 0 radical (unpaired) electrons. The Hall–Kier alpha value is -1.02. The van der Waals surface area contributed by atoms with Gasteiger partial charge in [-0.2, -0.15) is 0 Å². The van der Waals surface area contributed by atoms with E-state index in [1.165, 1.54) is 18.2 Å². The highest BCUT2D eigenvalue weighted by molar-refractivity contribution is 5.09. The van der Waals surface area contributed by atoms with Crippen LogP contribution in [-0.4, -0.2) is 28.5 Å². The normalized spacial score (nSPS) is 9.40. The Morgan fingerprint density at radius 1 is 1.30 bits per heavy atom. The van der Waals surface area contributed by atoms with Crippen molar-refractivity contribution < 1.29 is 15.3 Å². The molecular formula is C7H10O3. The molecular weight excluding hydrogens is 132 g/mol. The van der Waals surface area contributed by atoms with Crippen LogP contribution in [0.1, 0.15) is 0 Å². The van der Waals surface area contributed by atoms with Crippen molar-refractivity contribution in [3.8, 4) is 0 Å². The van der Waals surface area contributed by atoms with E-state index < -0.39 is 0 Å². The molecule has 0 saturated heterocycles. The zero-order valence-corrected chi connectivity index (χ0v) is 5.49. The van der Waals surface area contributed by atoms with Crippen LogP contribution in [0.2, 0.25) is 0 Å². The van der Waals surface area contributed by atoms with E-state index in [9.17, 15) is 0 Å². The van der Waals surface area contributed by atoms with Gasteiger partial charge < -0.3 is 15.3 Å². The average Bonchev–Trinajstić information content (AvgIpc) is 1.97. The van der Waals surface area contributed by atoms with Crippen LogP contribution in [0.25, 0.3) is 0 Å². The second kappa shape index (κ2) is 6.11. The molecule has 0 heterocycles. The molecule has 0 bridgehead atoms. The largest absolute Gasteiger partial charge is 0.501 e. The third-order valence-electron chi connectivity index (χ3n) is 0.722. The molecule has 0 aliphatic rings. The summed E-state index contributed by atoms with van der Waals surface area (Å²) in [6.07, 6.45) is 3.94. The van der Waals surface area contributed by atoms with Crippen LogP contribution < -0.4 is 0 Å². The van der Waals surface area contributed by atoms with Crippen LogP contribution >= 0.6 is 0 Å². The van der Waals surface area contributed by atoms with Gasteiger partial charge in [0.25, 0.3) is 0 Å². The molecule has 0 atom stereocenters. The summed E-state index contributed by atoms with van der Waals surface area (Å²) >= 11 is 0. The van der Waals surface area contributed by atoms with Crippen molar-refractivity contribution in [2.24, 2.45) is 0 Å². The Labute approximate surface area is 59.2 Å². The van der Waals surface area contributed by atoms with E-state index in [1.54, 1.807) is 0 Å². The summed E-state index contributed by atoms with van der Waals surface area (Å²) in [7, 11) is 0. The van der Waals surface area contributed by atoms with E-state index in [0.717, 1.165) is 0 Å². The maximum absolute atomic E-state index is 8.78. The second-order valence-corrected chi connectivity index (χ2v) is 1.50. The van der Waals surface area contributed by atoms with Gasteiger partial charge in [-0.3, -0.25) is 0 Å². The Bertz CT molecular complexity index is 164. The summed E-state index contributed by atoms with van der Waals surface area (Å²) in [5.74, 6) is -0.108. The molecule has 3 heteroatoms. The van der Waals surface area contributed by atoms with Crippen LogP contribution in [0, 0.1) is 0 Å². The molecule has 0 saturated carbocycles. The minimum absolute atomic E-state index is 0.108. The number of hydrogen-bond donors (Lipinski definition) is 3. The van der Waals surface area contributed by atoms with Crippen molar-refractivity contribution in [3.05, 3.63) is 29.7 Å². The molecule has 0 aliphatic carbocycles. The first-order chi connectivity index (χ1) is 4.81. The fourth-order valence-corrected chi connectivity index (χ4v) is 0.363. The van der Waals surface area contributed by atoms with Gasteiger partial charge in [0.05, 0.1) is 13.2 Å². The van der Waals surface area contributed by atoms with Gasteiger partial charge in [0.15, 0.2) is 5.76 Å². The molecule has 0 fully saturated rings. The lowest BCUT2D eigenvalue weighted by molar-refractivity contribution is 0.341. The first kappa shape index (κ1) is 8.98. The highest BCUT2D eigenvalue weighted by Crippen LogP contribution is 1.85. The second-order valence-electron chi connectivity index (χ2n) is 1.50. The zero-order valence-electron chi connectivity index (χ0n) is 5.49. The lowest BCUT2D eigenvalue weighted by Gasteiger charge is -1.81. The van der Waals surface area contributed by atoms with Gasteiger partial charge in [-0.05, 0) is 12.2 Å². The van der Waals surface area contributed by atoms with Gasteiger partial charge in [0.1, 0.15) is 0 Å². The summed E-state index contributed by atoms with van der Waals surface area (Å²) in [4.78, 5) is 0. The Morgan fingerprint density at radius 3 is 2.50 bits per heavy atom. The van der Waals surface area contributed by atoms with E-state index >= 15 is 0 Å². The van der Waals surface area contributed by atoms with Gasteiger partial charge in [-0.1, -0.05) is 11.8 Å². The average molecular weight is 142 g/mol. The van der Waals surface area contributed by atoms with Crippen molar-refractivity contribution in [2.45, 2.75) is 0 Å². The molecule has 0 aromatic rings. The summed E-state index contributed by atoms with van der Waals surface area (Å²) in [6, 6.07) is 0. The SMILES string of the molecule is OCC=C=C(O)C=CCO. The van der Waals surface area contributed by atoms with Gasteiger partial charge in [0.2, 0.25) is 0 Å². The van der Waals surface area contributed by atoms with E-state index in [2.05, 4.69) is 5.73 Å². The third-order valence-corrected chi connectivity index (χ3v) is 0.722. The van der Waals surface area contributed by atoms with Crippen molar-refractivity contribution in [2.75, 3.05) is 13.2 Å². The molecule has 3 nitrogen and oxygen atoms in total. The summed E-state index contributed by atoms with van der Waals surface area (Å²) in [5.41, 5.74) is 2.37. The highest BCUT2D eigenvalue weighted by atomic mass is 16.3. The molecule has 0 aliphatic heterocycles. The maximum Gasteiger partial charge on any atom is 0.158 e. The van der Waals surface area contributed by atoms with Crippen LogP contribution in [-0.2, 0) is 0 Å². The quantitative estimate of drug-likeness (QED) is 0.298. The maximum atomic E-state index is 8.78. The number of aliphatic hydroxyl groups is 3. The molecule has 3 N–H and O–H groups in total. The highest BCUT2D eigenvalue weighted by Gasteiger charge is 1.77. The summed E-state index contributed by atoms with van der Waals surface area (Å²) in [5, 5.41) is 25.2. The summed E-state index contributed by atoms with van der Waals surface area (Å²) in [6.45, 7) is -0.276. The predicted octanol–water partition coefficient (Wildman–Crippen LogP) is 0.124. The Morgan fingerprint density at radius 2 is 2.00 bits per heavy atom. The minimum Gasteiger partial charge on any atom is -0.501 e. The van der Waals surface area contributed by atoms with Crippen molar-refractivity contribution >= 4 is 0 Å². The molecule has 0 amide bonds. The van der Waals surface area contributed by atoms with Gasteiger partial charge in [0, 0.05) is 0 Å². The van der Waals surface area contributed by atoms with Gasteiger partial charge in [-0.15, -0.1) is 0 Å². The van der Waals surface area contributed by atoms with Gasteiger partial charge in [-0.25, -0.2) is 0 Å². The van der Waals surface area contributed by atoms with E-state index in [4.69, 9.17) is 15.3 Å². The van der Waals surface area contributed by atoms with Gasteiger partial charge >= 0.3 is 0 Å². The van der Waals surface area contributed by atoms with Crippen molar-refractivity contribution in [1.29, 1.82) is 0 Å². The smallest absolute Gasteiger partial charge is 0.158 e. The van der Waals surface area contributed by atoms with Crippen LogP contribution in [0.4, 0.5) is 0 Å². The summed E-state index contributed by atoms with van der Waals surface area (Å²) < 4.78 is 0. The molecule has 10 heavy (non-hydrogen) atoms. The number of hydrogen-bond acceptors (Lipinski definition) is 3. The van der Waals surface area contributed by atoms with Crippen LogP contribution in [0.5, 0.6) is 0 Å². The predicted molar refractivity (Wildman–Crippen MR) is 37.5 cm³/mol. The fourth-order valence-electron chi connectivity index (χ4n) is 0.363. The Kier molecular flexibility index (Phi) is 5.48. The molecule has 0 spiro atoms. The molecule has 0 aromatic heterocycles. The molecule has 56 valence electrons. The molecule has 0 unspecified atom stereocenters. The van der Waals surface area contributed by atoms with E-state index in [0.29, 0.717) is 0 Å². The monoisotopic (exact) mass is 142 g/mol. The number of rotatable bonds is 3. The lowest BCUT2D eigenvalue weighted by Crippen LogP contribution is -1.75. The standard InChI is InChI=1S/C7H10O3/c8-5-1-3-7(10)4-2-6-9/h1-3,8-10H,5-6H2. The first-order valence-corrected chi connectivity index (χ1v) is 2.83. The lowest BCUT2D eigenvalue weighted by atomic mass is 10.4. The molecule has 0 rings (SSSR count). The minimum atomic E-state index is -0.156. The molecule has 0 aromatic carbocycles. The topological polar surface area (TPSA) is 60.7 Å². The first-order valence-electron chi connectivity index (χ1n) is 2.83. The third kappa shape index (κ3) is 5.12. The van der Waals surface area contributed by atoms with Crippen molar-refractivity contribution in [1.82, 2.24) is 0 Å². The van der Waals surface area contributed by atoms with Crippen LogP contribution in [0.15, 0.2) is 29.7 Å². The number of aliphatic hydroxyl groups excluding tert-OH is 3. The fraction of sp³-hybridized carbons (Fsp3) is 0.286.